The van der Waals surface area contributed by atoms with Gasteiger partial charge in [-0.25, -0.2) is 0 Å². The minimum absolute atomic E-state index is 0.101. The third-order valence-electron chi connectivity index (χ3n) is 1.04. The summed E-state index contributed by atoms with van der Waals surface area (Å²) in [5.41, 5.74) is 0. The number of phenols is 1. The maximum absolute atomic E-state index is 8.92. The van der Waals surface area contributed by atoms with E-state index < -0.39 is 0 Å². The minimum Gasteiger partial charge on any atom is -0.508 e. The molecule has 0 unspecified atom stereocenters. The summed E-state index contributed by atoms with van der Waals surface area (Å²) in [6, 6.07) is 6.59. The lowest BCUT2D eigenvalue weighted by Crippen LogP contribution is -1.87. The SMILES string of the molecule is Oc1cccc(OCCl)c1. The van der Waals surface area contributed by atoms with Crippen molar-refractivity contribution in [2.24, 2.45) is 0 Å². The third kappa shape index (κ3) is 1.81. The van der Waals surface area contributed by atoms with Crippen molar-refractivity contribution in [3.8, 4) is 11.5 Å². The summed E-state index contributed by atoms with van der Waals surface area (Å²) in [6.07, 6.45) is 0. The average molecular weight is 159 g/mol. The maximum atomic E-state index is 8.92. The number of hydrogen-bond acceptors (Lipinski definition) is 2. The summed E-state index contributed by atoms with van der Waals surface area (Å²) in [7, 11) is 0. The molecular weight excluding hydrogens is 152 g/mol. The Balaban J connectivity index is 2.75. The summed E-state index contributed by atoms with van der Waals surface area (Å²) in [5.74, 6) is 0.762. The van der Waals surface area contributed by atoms with E-state index in [1.54, 1.807) is 18.2 Å². The second kappa shape index (κ2) is 3.32. The predicted molar refractivity (Wildman–Crippen MR) is 39.5 cm³/mol. The van der Waals surface area contributed by atoms with Crippen LogP contribution in [0.15, 0.2) is 24.3 Å². The predicted octanol–water partition coefficient (Wildman–Crippen LogP) is 1.97. The van der Waals surface area contributed by atoms with Gasteiger partial charge in [0, 0.05) is 6.07 Å². The molecule has 0 amide bonds. The van der Waals surface area contributed by atoms with E-state index in [1.165, 1.54) is 6.07 Å². The van der Waals surface area contributed by atoms with Gasteiger partial charge >= 0.3 is 0 Å². The molecule has 54 valence electrons. The molecule has 0 aliphatic rings. The fourth-order valence-corrected chi connectivity index (χ4v) is 0.762. The Morgan fingerprint density at radius 2 is 2.30 bits per heavy atom. The first-order valence-electron chi connectivity index (χ1n) is 2.81. The Kier molecular flexibility index (Phi) is 2.40. The molecule has 0 saturated carbocycles. The van der Waals surface area contributed by atoms with Crippen molar-refractivity contribution in [3.05, 3.63) is 24.3 Å². The molecule has 0 fully saturated rings. The number of alkyl halides is 1. The second-order valence-electron chi connectivity index (χ2n) is 1.75. The second-order valence-corrected chi connectivity index (χ2v) is 1.97. The average Bonchev–Trinajstić information content (AvgIpc) is 1.88. The molecule has 0 spiro atoms. The van der Waals surface area contributed by atoms with E-state index in [4.69, 9.17) is 21.4 Å². The van der Waals surface area contributed by atoms with Crippen LogP contribution in [-0.4, -0.2) is 11.2 Å². The molecule has 0 bridgehead atoms. The Morgan fingerprint density at radius 3 is 2.90 bits per heavy atom. The number of hydrogen-bond donors (Lipinski definition) is 1. The molecule has 0 aromatic heterocycles. The van der Waals surface area contributed by atoms with Crippen molar-refractivity contribution in [3.63, 3.8) is 0 Å². The largest absolute Gasteiger partial charge is 0.508 e. The Hall–Kier alpha value is -0.890. The lowest BCUT2D eigenvalue weighted by molar-refractivity contribution is 0.383. The van der Waals surface area contributed by atoms with Crippen molar-refractivity contribution in [2.45, 2.75) is 0 Å². The quantitative estimate of drug-likeness (QED) is 0.667. The van der Waals surface area contributed by atoms with E-state index in [-0.39, 0.29) is 11.8 Å². The van der Waals surface area contributed by atoms with Gasteiger partial charge in [-0.3, -0.25) is 0 Å². The molecule has 2 nitrogen and oxygen atoms in total. The third-order valence-corrected chi connectivity index (χ3v) is 1.15. The Labute approximate surface area is 64.0 Å². The molecule has 0 atom stereocenters. The van der Waals surface area contributed by atoms with Crippen molar-refractivity contribution < 1.29 is 9.84 Å². The molecule has 0 aliphatic carbocycles. The molecule has 0 heterocycles. The van der Waals surface area contributed by atoms with Gasteiger partial charge in [0.05, 0.1) is 0 Å². The first-order chi connectivity index (χ1) is 4.83. The molecular formula is C7H7ClO2. The lowest BCUT2D eigenvalue weighted by atomic mass is 10.3. The van der Waals surface area contributed by atoms with Crippen molar-refractivity contribution in [1.29, 1.82) is 0 Å². The Morgan fingerprint density at radius 1 is 1.50 bits per heavy atom. The van der Waals surface area contributed by atoms with Crippen LogP contribution in [0.2, 0.25) is 0 Å². The van der Waals surface area contributed by atoms with Gasteiger partial charge in [0.1, 0.15) is 11.5 Å². The van der Waals surface area contributed by atoms with Gasteiger partial charge in [-0.1, -0.05) is 17.7 Å². The van der Waals surface area contributed by atoms with Crippen LogP contribution in [-0.2, 0) is 0 Å². The number of rotatable bonds is 2. The molecule has 0 saturated heterocycles. The summed E-state index contributed by atoms with van der Waals surface area (Å²) in [4.78, 5) is 0. The zero-order chi connectivity index (χ0) is 7.40. The first-order valence-corrected chi connectivity index (χ1v) is 3.34. The molecule has 1 aromatic rings. The fraction of sp³-hybridized carbons (Fsp3) is 0.143. The van der Waals surface area contributed by atoms with Crippen molar-refractivity contribution >= 4 is 11.6 Å². The number of halogens is 1. The highest BCUT2D eigenvalue weighted by Crippen LogP contribution is 2.17. The Bertz CT molecular complexity index is 213. The summed E-state index contributed by atoms with van der Waals surface area (Å²) < 4.78 is 4.89. The number of aromatic hydroxyl groups is 1. The van der Waals surface area contributed by atoms with Gasteiger partial charge < -0.3 is 9.84 Å². The standard InChI is InChI=1S/C7H7ClO2/c8-5-10-7-3-1-2-6(9)4-7/h1-4,9H,5H2. The number of phenolic OH excluding ortho intramolecular Hbond substituents is 1. The number of ether oxygens (including phenoxy) is 1. The monoisotopic (exact) mass is 158 g/mol. The molecule has 1 rings (SSSR count). The van der Waals surface area contributed by atoms with Crippen LogP contribution in [0.5, 0.6) is 11.5 Å². The van der Waals surface area contributed by atoms with Crippen LogP contribution < -0.4 is 4.74 Å². The van der Waals surface area contributed by atoms with Crippen LogP contribution in [0, 0.1) is 0 Å². The molecule has 1 N–H and O–H groups in total. The molecule has 3 heteroatoms. The van der Waals surface area contributed by atoms with Crippen molar-refractivity contribution in [2.75, 3.05) is 6.07 Å². The molecule has 0 aliphatic heterocycles. The van der Waals surface area contributed by atoms with E-state index in [0.29, 0.717) is 5.75 Å². The first kappa shape index (κ1) is 7.22. The lowest BCUT2D eigenvalue weighted by Gasteiger charge is -1.99. The van der Waals surface area contributed by atoms with Crippen molar-refractivity contribution in [1.82, 2.24) is 0 Å². The summed E-state index contributed by atoms with van der Waals surface area (Å²) in [5, 5.41) is 8.92. The number of benzene rings is 1. The highest BCUT2D eigenvalue weighted by molar-refractivity contribution is 6.17. The summed E-state index contributed by atoms with van der Waals surface area (Å²) >= 11 is 5.28. The van der Waals surface area contributed by atoms with Crippen LogP contribution in [0.4, 0.5) is 0 Å². The van der Waals surface area contributed by atoms with Gasteiger partial charge in [-0.15, -0.1) is 0 Å². The maximum Gasteiger partial charge on any atom is 0.162 e. The smallest absolute Gasteiger partial charge is 0.162 e. The van der Waals surface area contributed by atoms with Crippen LogP contribution in [0.1, 0.15) is 0 Å². The summed E-state index contributed by atoms with van der Waals surface area (Å²) in [6.45, 7) is 0. The highest BCUT2D eigenvalue weighted by Gasteiger charge is 1.91. The molecule has 1 aromatic carbocycles. The molecule has 10 heavy (non-hydrogen) atoms. The zero-order valence-electron chi connectivity index (χ0n) is 5.25. The topological polar surface area (TPSA) is 29.5 Å². The van der Waals surface area contributed by atoms with Gasteiger partial charge in [-0.2, -0.15) is 0 Å². The van der Waals surface area contributed by atoms with Crippen LogP contribution >= 0.6 is 11.6 Å². The molecule has 0 radical (unpaired) electrons. The fourth-order valence-electron chi connectivity index (χ4n) is 0.636. The zero-order valence-corrected chi connectivity index (χ0v) is 6.01. The van der Waals surface area contributed by atoms with Gasteiger partial charge in [0.2, 0.25) is 0 Å². The van der Waals surface area contributed by atoms with E-state index in [9.17, 15) is 0 Å². The van der Waals surface area contributed by atoms with Gasteiger partial charge in [-0.05, 0) is 12.1 Å². The van der Waals surface area contributed by atoms with Crippen LogP contribution in [0.25, 0.3) is 0 Å². The highest BCUT2D eigenvalue weighted by atomic mass is 35.5. The van der Waals surface area contributed by atoms with E-state index in [2.05, 4.69) is 0 Å². The van der Waals surface area contributed by atoms with E-state index in [0.717, 1.165) is 0 Å². The normalized spacial score (nSPS) is 9.30. The van der Waals surface area contributed by atoms with Crippen LogP contribution in [0.3, 0.4) is 0 Å². The minimum atomic E-state index is 0.101. The van der Waals surface area contributed by atoms with Gasteiger partial charge in [0.15, 0.2) is 6.07 Å². The van der Waals surface area contributed by atoms with E-state index >= 15 is 0 Å². The van der Waals surface area contributed by atoms with E-state index in [1.807, 2.05) is 0 Å². The van der Waals surface area contributed by atoms with Gasteiger partial charge in [0.25, 0.3) is 0 Å².